The number of hydrogen-bond donors (Lipinski definition) is 0. The molecular formula is C18H13BiN2S. The van der Waals surface area contributed by atoms with E-state index >= 15 is 0 Å². The van der Waals surface area contributed by atoms with E-state index in [0.29, 0.717) is 0 Å². The molecule has 4 rings (SSSR count). The molecule has 4 heteroatoms. The standard InChI is InChI=1S/C18H13N2S.Bi/c1-11-7-8-14-13-5-3-4-6-16(13)21-18(14)17(11)15-9-10-19-12(2)20-15;/h3-9H,1-2H3;. The third-order valence-corrected chi connectivity index (χ3v) is 5.93. The molecule has 0 aliphatic heterocycles. The summed E-state index contributed by atoms with van der Waals surface area (Å²) in [6, 6.07) is 15.2. The summed E-state index contributed by atoms with van der Waals surface area (Å²) in [5, 5.41) is 2.66. The minimum absolute atomic E-state index is 0.854. The molecule has 22 heavy (non-hydrogen) atoms. The van der Waals surface area contributed by atoms with Gasteiger partial charge in [0.2, 0.25) is 0 Å². The van der Waals surface area contributed by atoms with Gasteiger partial charge in [-0.15, -0.1) is 0 Å². The molecule has 2 aromatic heterocycles. The number of benzene rings is 2. The van der Waals surface area contributed by atoms with Crippen molar-refractivity contribution in [1.82, 2.24) is 9.97 Å². The first-order chi connectivity index (χ1) is 10.6. The average molecular weight is 498 g/mol. The van der Waals surface area contributed by atoms with Crippen LogP contribution < -0.4 is 3.40 Å². The fourth-order valence-electron chi connectivity index (χ4n) is 2.89. The summed E-state index contributed by atoms with van der Waals surface area (Å²) in [5.41, 5.74) is 3.59. The second-order valence-corrected chi connectivity index (χ2v) is 8.22. The van der Waals surface area contributed by atoms with Gasteiger partial charge in [0.1, 0.15) is 0 Å². The van der Waals surface area contributed by atoms with Crippen LogP contribution in [0.1, 0.15) is 11.4 Å². The first kappa shape index (κ1) is 14.2. The zero-order valence-corrected chi connectivity index (χ0v) is 16.6. The van der Waals surface area contributed by atoms with Crippen LogP contribution in [0, 0.1) is 13.8 Å². The molecule has 106 valence electrons. The Morgan fingerprint density at radius 2 is 1.77 bits per heavy atom. The second kappa shape index (κ2) is 5.36. The molecule has 0 aliphatic rings. The van der Waals surface area contributed by atoms with Gasteiger partial charge in [0.15, 0.2) is 0 Å². The van der Waals surface area contributed by atoms with Crippen LogP contribution in [0.15, 0.2) is 42.5 Å². The number of hydrogen-bond acceptors (Lipinski definition) is 3. The van der Waals surface area contributed by atoms with Crippen molar-refractivity contribution in [2.75, 3.05) is 0 Å². The Kier molecular flexibility index (Phi) is 3.47. The van der Waals surface area contributed by atoms with Gasteiger partial charge in [0.25, 0.3) is 0 Å². The van der Waals surface area contributed by atoms with E-state index in [1.54, 1.807) is 0 Å². The Morgan fingerprint density at radius 1 is 0.955 bits per heavy atom. The topological polar surface area (TPSA) is 25.8 Å². The van der Waals surface area contributed by atoms with Crippen LogP contribution >= 0.6 is 11.3 Å². The van der Waals surface area contributed by atoms with Gasteiger partial charge in [-0.3, -0.25) is 0 Å². The molecule has 0 saturated heterocycles. The summed E-state index contributed by atoms with van der Waals surface area (Å²) in [5.74, 6) is 0.854. The van der Waals surface area contributed by atoms with Gasteiger partial charge in [-0.05, 0) is 0 Å². The van der Waals surface area contributed by atoms with E-state index in [0.717, 1.165) is 39.6 Å². The van der Waals surface area contributed by atoms with Crippen LogP contribution in [-0.4, -0.2) is 34.7 Å². The normalized spacial score (nSPS) is 11.4. The quantitative estimate of drug-likeness (QED) is 0.372. The average Bonchev–Trinajstić information content (AvgIpc) is 2.84. The van der Waals surface area contributed by atoms with Crippen LogP contribution in [0.4, 0.5) is 0 Å². The van der Waals surface area contributed by atoms with Crippen LogP contribution in [0.25, 0.3) is 31.4 Å². The maximum atomic E-state index is 4.70. The Bertz CT molecular complexity index is 1000. The number of thiophene rings is 1. The summed E-state index contributed by atoms with van der Waals surface area (Å²) in [4.78, 5) is 9.15. The van der Waals surface area contributed by atoms with Gasteiger partial charge in [-0.25, -0.2) is 0 Å². The molecule has 2 aromatic carbocycles. The fraction of sp³-hybridized carbons (Fsp3) is 0.111. The molecule has 0 bridgehead atoms. The van der Waals surface area contributed by atoms with Gasteiger partial charge in [0.05, 0.1) is 0 Å². The van der Waals surface area contributed by atoms with Crippen LogP contribution in [0.5, 0.6) is 0 Å². The molecule has 2 radical (unpaired) electrons. The minimum atomic E-state index is 0.854. The van der Waals surface area contributed by atoms with Crippen LogP contribution in [-0.2, 0) is 0 Å². The fourth-order valence-corrected chi connectivity index (χ4v) is 5.23. The predicted octanol–water partition coefficient (Wildman–Crippen LogP) is 3.92. The van der Waals surface area contributed by atoms with Gasteiger partial charge < -0.3 is 0 Å². The van der Waals surface area contributed by atoms with E-state index in [4.69, 9.17) is 4.98 Å². The summed E-state index contributed by atoms with van der Waals surface area (Å²) in [6.07, 6.45) is 0. The summed E-state index contributed by atoms with van der Waals surface area (Å²) in [6.45, 7) is 4.14. The first-order valence-corrected chi connectivity index (χ1v) is 9.65. The van der Waals surface area contributed by atoms with E-state index in [1.165, 1.54) is 31.3 Å². The van der Waals surface area contributed by atoms with Crippen molar-refractivity contribution in [3.63, 3.8) is 0 Å². The van der Waals surface area contributed by atoms with Gasteiger partial charge in [-0.1, -0.05) is 0 Å². The molecule has 0 saturated carbocycles. The molecule has 0 aliphatic carbocycles. The van der Waals surface area contributed by atoms with E-state index < -0.39 is 0 Å². The SMILES string of the molecule is Cc1n[c]([Bi])cc(-c2c(C)ccc3c2sc2ccccc23)n1. The van der Waals surface area contributed by atoms with E-state index in [1.807, 2.05) is 18.3 Å². The summed E-state index contributed by atoms with van der Waals surface area (Å²) in [7, 11) is 0. The van der Waals surface area contributed by atoms with Gasteiger partial charge in [-0.2, -0.15) is 0 Å². The molecule has 2 heterocycles. The molecule has 4 aromatic rings. The molecule has 0 amide bonds. The molecular weight excluding hydrogens is 485 g/mol. The molecule has 0 atom stereocenters. The molecule has 0 spiro atoms. The Balaban J connectivity index is 2.14. The number of aromatic nitrogens is 2. The Morgan fingerprint density at radius 3 is 2.59 bits per heavy atom. The van der Waals surface area contributed by atoms with Crippen molar-refractivity contribution in [2.45, 2.75) is 13.8 Å². The summed E-state index contributed by atoms with van der Waals surface area (Å²) < 4.78 is 3.79. The predicted molar refractivity (Wildman–Crippen MR) is 95.2 cm³/mol. The van der Waals surface area contributed by atoms with Crippen molar-refractivity contribution in [3.8, 4) is 11.3 Å². The first-order valence-electron chi connectivity index (χ1n) is 7.09. The van der Waals surface area contributed by atoms with Crippen molar-refractivity contribution >= 4 is 59.6 Å². The monoisotopic (exact) mass is 498 g/mol. The zero-order valence-electron chi connectivity index (χ0n) is 12.3. The Labute approximate surface area is 148 Å². The van der Waals surface area contributed by atoms with Crippen LogP contribution in [0.3, 0.4) is 0 Å². The van der Waals surface area contributed by atoms with Crippen molar-refractivity contribution in [1.29, 1.82) is 0 Å². The third-order valence-electron chi connectivity index (χ3n) is 3.84. The van der Waals surface area contributed by atoms with Gasteiger partial charge >= 0.3 is 149 Å². The Hall–Kier alpha value is -1.38. The zero-order chi connectivity index (χ0) is 15.3. The van der Waals surface area contributed by atoms with E-state index in [-0.39, 0.29) is 0 Å². The van der Waals surface area contributed by atoms with Crippen molar-refractivity contribution in [2.24, 2.45) is 0 Å². The number of nitrogens with zero attached hydrogens (tertiary/aromatic N) is 2. The second-order valence-electron chi connectivity index (χ2n) is 5.39. The number of fused-ring (bicyclic) bond motifs is 3. The third kappa shape index (κ3) is 2.26. The maximum absolute atomic E-state index is 4.70. The van der Waals surface area contributed by atoms with E-state index in [2.05, 4.69) is 54.4 Å². The number of rotatable bonds is 1. The molecule has 0 unspecified atom stereocenters. The van der Waals surface area contributed by atoms with Gasteiger partial charge in [0, 0.05) is 0 Å². The molecule has 0 fully saturated rings. The molecule has 2 nitrogen and oxygen atoms in total. The van der Waals surface area contributed by atoms with E-state index in [9.17, 15) is 0 Å². The van der Waals surface area contributed by atoms with Crippen molar-refractivity contribution in [3.05, 3.63) is 53.9 Å². The molecule has 0 N–H and O–H groups in total. The number of aryl methyl sites for hydroxylation is 2. The summed E-state index contributed by atoms with van der Waals surface area (Å²) >= 11 is 3.02. The van der Waals surface area contributed by atoms with Crippen molar-refractivity contribution < 1.29 is 0 Å². The van der Waals surface area contributed by atoms with Crippen LogP contribution in [0.2, 0.25) is 0 Å².